The maximum atomic E-state index is 13.3. The molecule has 0 heterocycles. The van der Waals surface area contributed by atoms with Crippen LogP contribution in [-0.2, 0) is 0 Å². The molecule has 1 nitrogen and oxygen atoms in total. The highest BCUT2D eigenvalue weighted by atomic mass is 19.1. The molecule has 0 saturated heterocycles. The molecular formula is C7H14FN. The minimum Gasteiger partial charge on any atom is -0.325 e. The average Bonchev–Trinajstić information content (AvgIpc) is 2.16. The molecule has 1 atom stereocenters. The number of nitrogens with two attached hydrogens (primary N) is 1. The minimum atomic E-state index is -1.03. The van der Waals surface area contributed by atoms with Crippen molar-refractivity contribution in [2.75, 3.05) is 0 Å². The largest absolute Gasteiger partial charge is 0.325 e. The maximum absolute atomic E-state index is 13.3. The third kappa shape index (κ3) is 1.23. The second-order valence-electron chi connectivity index (χ2n) is 3.03. The van der Waals surface area contributed by atoms with E-state index in [-0.39, 0.29) is 6.04 Å². The molecule has 0 aliphatic heterocycles. The van der Waals surface area contributed by atoms with E-state index < -0.39 is 5.67 Å². The van der Waals surface area contributed by atoms with Gasteiger partial charge in [-0.15, -0.1) is 0 Å². The van der Waals surface area contributed by atoms with Gasteiger partial charge in [0.05, 0.1) is 0 Å². The van der Waals surface area contributed by atoms with Gasteiger partial charge in [-0.25, -0.2) is 4.39 Å². The van der Waals surface area contributed by atoms with Crippen LogP contribution in [0.1, 0.15) is 32.6 Å². The van der Waals surface area contributed by atoms with Crippen LogP contribution in [0.15, 0.2) is 0 Å². The van der Waals surface area contributed by atoms with Crippen LogP contribution in [0.3, 0.4) is 0 Å². The van der Waals surface area contributed by atoms with E-state index in [0.717, 1.165) is 12.8 Å². The lowest BCUT2D eigenvalue weighted by molar-refractivity contribution is 0.141. The van der Waals surface area contributed by atoms with Crippen molar-refractivity contribution in [3.63, 3.8) is 0 Å². The van der Waals surface area contributed by atoms with Gasteiger partial charge in [0.2, 0.25) is 0 Å². The molecule has 1 aliphatic rings. The SMILES string of the molecule is CC(N)C1(F)CCCC1. The first-order valence-electron chi connectivity index (χ1n) is 3.60. The lowest BCUT2D eigenvalue weighted by Gasteiger charge is -2.22. The Morgan fingerprint density at radius 3 is 2.11 bits per heavy atom. The summed E-state index contributed by atoms with van der Waals surface area (Å²) in [6, 6.07) is -0.278. The number of halogens is 1. The van der Waals surface area contributed by atoms with Crippen LogP contribution in [0.2, 0.25) is 0 Å². The number of rotatable bonds is 1. The quantitative estimate of drug-likeness (QED) is 0.575. The fourth-order valence-corrected chi connectivity index (χ4v) is 1.42. The summed E-state index contributed by atoms with van der Waals surface area (Å²) in [6.45, 7) is 1.76. The lowest BCUT2D eigenvalue weighted by Crippen LogP contribution is -2.39. The van der Waals surface area contributed by atoms with E-state index in [2.05, 4.69) is 0 Å². The summed E-state index contributed by atoms with van der Waals surface area (Å²) < 4.78 is 13.3. The fraction of sp³-hybridized carbons (Fsp3) is 1.00. The Labute approximate surface area is 55.4 Å². The molecule has 1 rings (SSSR count). The summed E-state index contributed by atoms with van der Waals surface area (Å²) in [7, 11) is 0. The molecule has 2 N–H and O–H groups in total. The molecule has 54 valence electrons. The van der Waals surface area contributed by atoms with Crippen LogP contribution in [0, 0.1) is 0 Å². The van der Waals surface area contributed by atoms with Crippen molar-refractivity contribution in [1.82, 2.24) is 0 Å². The predicted molar refractivity (Wildman–Crippen MR) is 36.0 cm³/mol. The molecule has 0 aromatic heterocycles. The van der Waals surface area contributed by atoms with E-state index in [1.54, 1.807) is 6.92 Å². The van der Waals surface area contributed by atoms with Crippen LogP contribution in [-0.4, -0.2) is 11.7 Å². The summed E-state index contributed by atoms with van der Waals surface area (Å²) in [5.41, 5.74) is 4.43. The van der Waals surface area contributed by atoms with E-state index >= 15 is 0 Å². The van der Waals surface area contributed by atoms with Crippen molar-refractivity contribution in [1.29, 1.82) is 0 Å². The molecule has 1 saturated carbocycles. The van der Waals surface area contributed by atoms with Gasteiger partial charge in [-0.2, -0.15) is 0 Å². The van der Waals surface area contributed by atoms with Gasteiger partial charge in [-0.1, -0.05) is 12.8 Å². The van der Waals surface area contributed by atoms with E-state index in [0.29, 0.717) is 12.8 Å². The Hall–Kier alpha value is -0.110. The van der Waals surface area contributed by atoms with E-state index in [1.807, 2.05) is 0 Å². The van der Waals surface area contributed by atoms with E-state index in [4.69, 9.17) is 5.73 Å². The Morgan fingerprint density at radius 1 is 1.44 bits per heavy atom. The van der Waals surface area contributed by atoms with Gasteiger partial charge in [-0.3, -0.25) is 0 Å². The third-order valence-electron chi connectivity index (χ3n) is 2.25. The van der Waals surface area contributed by atoms with Crippen molar-refractivity contribution in [3.8, 4) is 0 Å². The van der Waals surface area contributed by atoms with Gasteiger partial charge in [-0.05, 0) is 19.8 Å². The summed E-state index contributed by atoms with van der Waals surface area (Å²) in [6.07, 6.45) is 3.37. The second-order valence-corrected chi connectivity index (χ2v) is 3.03. The third-order valence-corrected chi connectivity index (χ3v) is 2.25. The molecule has 0 radical (unpaired) electrons. The van der Waals surface area contributed by atoms with Crippen molar-refractivity contribution < 1.29 is 4.39 Å². The van der Waals surface area contributed by atoms with Gasteiger partial charge in [0.1, 0.15) is 5.67 Å². The number of alkyl halides is 1. The van der Waals surface area contributed by atoms with Gasteiger partial charge >= 0.3 is 0 Å². The highest BCUT2D eigenvalue weighted by Crippen LogP contribution is 2.35. The van der Waals surface area contributed by atoms with Crippen molar-refractivity contribution in [3.05, 3.63) is 0 Å². The molecule has 0 aromatic carbocycles. The summed E-state index contributed by atoms with van der Waals surface area (Å²) in [4.78, 5) is 0. The van der Waals surface area contributed by atoms with Crippen LogP contribution in [0.4, 0.5) is 4.39 Å². The van der Waals surface area contributed by atoms with E-state index in [9.17, 15) is 4.39 Å². The van der Waals surface area contributed by atoms with Gasteiger partial charge in [0.15, 0.2) is 0 Å². The lowest BCUT2D eigenvalue weighted by atomic mass is 9.97. The Bertz CT molecular complexity index is 95.1. The fourth-order valence-electron chi connectivity index (χ4n) is 1.42. The Balaban J connectivity index is 2.51. The predicted octanol–water partition coefficient (Wildman–Crippen LogP) is 1.62. The number of hydrogen-bond acceptors (Lipinski definition) is 1. The van der Waals surface area contributed by atoms with Crippen molar-refractivity contribution >= 4 is 0 Å². The first-order valence-corrected chi connectivity index (χ1v) is 3.60. The summed E-state index contributed by atoms with van der Waals surface area (Å²) in [5, 5.41) is 0. The van der Waals surface area contributed by atoms with Gasteiger partial charge in [0, 0.05) is 6.04 Å². The molecule has 0 bridgehead atoms. The molecule has 0 spiro atoms. The highest BCUT2D eigenvalue weighted by molar-refractivity contribution is 4.91. The first kappa shape index (κ1) is 7.00. The van der Waals surface area contributed by atoms with Crippen LogP contribution in [0.5, 0.6) is 0 Å². The van der Waals surface area contributed by atoms with Crippen molar-refractivity contribution in [2.24, 2.45) is 5.73 Å². The Morgan fingerprint density at radius 2 is 1.89 bits per heavy atom. The number of hydrogen-bond donors (Lipinski definition) is 1. The molecule has 2 heteroatoms. The average molecular weight is 131 g/mol. The molecular weight excluding hydrogens is 117 g/mol. The zero-order valence-electron chi connectivity index (χ0n) is 5.86. The summed E-state index contributed by atoms with van der Waals surface area (Å²) in [5.74, 6) is 0. The van der Waals surface area contributed by atoms with Crippen LogP contribution >= 0.6 is 0 Å². The zero-order valence-corrected chi connectivity index (χ0v) is 5.86. The molecule has 0 aromatic rings. The molecule has 0 amide bonds. The molecule has 1 unspecified atom stereocenters. The standard InChI is InChI=1S/C7H14FN/c1-6(9)7(8)4-2-3-5-7/h6H,2-5,9H2,1H3. The topological polar surface area (TPSA) is 26.0 Å². The monoisotopic (exact) mass is 131 g/mol. The first-order chi connectivity index (χ1) is 4.15. The minimum absolute atomic E-state index is 0.278. The van der Waals surface area contributed by atoms with Crippen LogP contribution in [0.25, 0.3) is 0 Å². The van der Waals surface area contributed by atoms with Gasteiger partial charge < -0.3 is 5.73 Å². The molecule has 9 heavy (non-hydrogen) atoms. The normalized spacial score (nSPS) is 28.3. The molecule has 1 aliphatic carbocycles. The smallest absolute Gasteiger partial charge is 0.125 e. The van der Waals surface area contributed by atoms with Crippen LogP contribution < -0.4 is 5.73 Å². The zero-order chi connectivity index (χ0) is 6.91. The van der Waals surface area contributed by atoms with Gasteiger partial charge in [0.25, 0.3) is 0 Å². The highest BCUT2D eigenvalue weighted by Gasteiger charge is 2.36. The Kier molecular flexibility index (Phi) is 1.75. The summed E-state index contributed by atoms with van der Waals surface area (Å²) >= 11 is 0. The van der Waals surface area contributed by atoms with E-state index in [1.165, 1.54) is 0 Å². The van der Waals surface area contributed by atoms with Crippen molar-refractivity contribution in [2.45, 2.75) is 44.3 Å². The second kappa shape index (κ2) is 2.25. The molecule has 1 fully saturated rings. The maximum Gasteiger partial charge on any atom is 0.125 e.